The van der Waals surface area contributed by atoms with Gasteiger partial charge >= 0.3 is 0 Å². The molecule has 0 saturated heterocycles. The van der Waals surface area contributed by atoms with Crippen LogP contribution in [-0.4, -0.2) is 37.7 Å². The Bertz CT molecular complexity index is 1200. The number of halogens is 3. The first-order valence-electron chi connectivity index (χ1n) is 8.04. The summed E-state index contributed by atoms with van der Waals surface area (Å²) in [4.78, 5) is 16.4. The van der Waals surface area contributed by atoms with Gasteiger partial charge < -0.3 is 0 Å². The second-order valence-electron chi connectivity index (χ2n) is 6.05. The highest BCUT2D eigenvalue weighted by atomic mass is 35.5. The third kappa shape index (κ3) is 4.45. The smallest absolute Gasteiger partial charge is 0.257 e. The van der Waals surface area contributed by atoms with E-state index in [4.69, 9.17) is 11.6 Å². The lowest BCUT2D eigenvalue weighted by atomic mass is 10.1. The molecule has 0 radical (unpaired) electrons. The Labute approximate surface area is 174 Å². The summed E-state index contributed by atoms with van der Waals surface area (Å²) >= 11 is 6.99. The number of hydrogen-bond donors (Lipinski definition) is 1. The molecule has 6 nitrogen and oxygen atoms in total. The van der Waals surface area contributed by atoms with Crippen molar-refractivity contribution in [3.63, 3.8) is 0 Å². The van der Waals surface area contributed by atoms with Gasteiger partial charge in [0.15, 0.2) is 5.13 Å². The van der Waals surface area contributed by atoms with Gasteiger partial charge in [-0.1, -0.05) is 11.6 Å². The van der Waals surface area contributed by atoms with Crippen molar-refractivity contribution >= 4 is 44.0 Å². The molecule has 0 bridgehead atoms. The zero-order chi connectivity index (χ0) is 21.3. The van der Waals surface area contributed by atoms with E-state index in [0.29, 0.717) is 0 Å². The van der Waals surface area contributed by atoms with Gasteiger partial charge in [0.2, 0.25) is 10.0 Å². The molecule has 0 saturated carbocycles. The molecule has 0 aliphatic rings. The number of nitrogens with zero attached hydrogens (tertiary/aromatic N) is 2. The maximum absolute atomic E-state index is 13.9. The van der Waals surface area contributed by atoms with Crippen molar-refractivity contribution in [3.8, 4) is 11.3 Å². The van der Waals surface area contributed by atoms with Crippen molar-refractivity contribution in [1.82, 2.24) is 9.29 Å². The topological polar surface area (TPSA) is 79.4 Å². The number of carbonyl (C=O) groups excluding carboxylic acids is 1. The molecule has 1 aromatic heterocycles. The summed E-state index contributed by atoms with van der Waals surface area (Å²) in [5, 5.41) is 4.10. The van der Waals surface area contributed by atoms with Crippen LogP contribution in [-0.2, 0) is 10.0 Å². The molecule has 2 aromatic carbocycles. The van der Waals surface area contributed by atoms with Gasteiger partial charge in [-0.3, -0.25) is 10.1 Å². The van der Waals surface area contributed by atoms with Gasteiger partial charge in [-0.05, 0) is 36.4 Å². The molecular weight excluding hydrogens is 444 g/mol. The normalized spacial score (nSPS) is 11.7. The number of nitrogens with one attached hydrogen (secondary N) is 1. The number of aromatic nitrogens is 1. The van der Waals surface area contributed by atoms with Crippen LogP contribution in [0.2, 0.25) is 5.02 Å². The molecule has 3 aromatic rings. The Morgan fingerprint density at radius 3 is 2.59 bits per heavy atom. The van der Waals surface area contributed by atoms with E-state index in [2.05, 4.69) is 10.3 Å². The van der Waals surface area contributed by atoms with Crippen LogP contribution in [0.15, 0.2) is 46.7 Å². The van der Waals surface area contributed by atoms with Crippen LogP contribution < -0.4 is 5.32 Å². The molecule has 0 aliphatic carbocycles. The number of sulfonamides is 1. The number of hydrogen-bond acceptors (Lipinski definition) is 5. The first kappa shape index (κ1) is 21.3. The van der Waals surface area contributed by atoms with Crippen molar-refractivity contribution in [3.05, 3.63) is 64.0 Å². The molecule has 152 valence electrons. The first-order chi connectivity index (χ1) is 13.6. The van der Waals surface area contributed by atoms with E-state index in [-0.39, 0.29) is 31.9 Å². The summed E-state index contributed by atoms with van der Waals surface area (Å²) < 4.78 is 52.9. The Hall–Kier alpha value is -2.40. The highest BCUT2D eigenvalue weighted by molar-refractivity contribution is 7.89. The van der Waals surface area contributed by atoms with E-state index >= 15 is 0 Å². The monoisotopic (exact) mass is 457 g/mol. The second kappa shape index (κ2) is 8.15. The predicted octanol–water partition coefficient (Wildman–Crippen LogP) is 4.24. The summed E-state index contributed by atoms with van der Waals surface area (Å²) in [5.41, 5.74) is 0.172. The summed E-state index contributed by atoms with van der Waals surface area (Å²) in [6.07, 6.45) is 0. The quantitative estimate of drug-likeness (QED) is 0.621. The highest BCUT2D eigenvalue weighted by Gasteiger charge is 2.23. The molecule has 0 atom stereocenters. The van der Waals surface area contributed by atoms with Crippen LogP contribution in [0.1, 0.15) is 10.4 Å². The SMILES string of the molecule is CN(C)S(=O)(=O)c1cc(C(=O)Nc2nc(-c3cc(F)ccc3F)cs2)ccc1Cl. The lowest BCUT2D eigenvalue weighted by molar-refractivity contribution is 0.102. The van der Waals surface area contributed by atoms with Gasteiger partial charge in [-0.25, -0.2) is 26.5 Å². The number of anilines is 1. The number of thiazole rings is 1. The molecule has 0 unspecified atom stereocenters. The van der Waals surface area contributed by atoms with E-state index in [0.717, 1.165) is 39.9 Å². The van der Waals surface area contributed by atoms with Crippen molar-refractivity contribution in [2.45, 2.75) is 4.90 Å². The molecule has 0 aliphatic heterocycles. The molecule has 1 amide bonds. The summed E-state index contributed by atoms with van der Waals surface area (Å²) in [6, 6.07) is 6.83. The molecule has 11 heteroatoms. The fourth-order valence-electron chi connectivity index (χ4n) is 2.36. The Morgan fingerprint density at radius 1 is 1.17 bits per heavy atom. The van der Waals surface area contributed by atoms with Gasteiger partial charge in [0, 0.05) is 30.6 Å². The zero-order valence-corrected chi connectivity index (χ0v) is 17.5. The Morgan fingerprint density at radius 2 is 1.90 bits per heavy atom. The van der Waals surface area contributed by atoms with Gasteiger partial charge in [-0.15, -0.1) is 11.3 Å². The largest absolute Gasteiger partial charge is 0.298 e. The lowest BCUT2D eigenvalue weighted by Gasteiger charge is -2.13. The van der Waals surface area contributed by atoms with Gasteiger partial charge in [-0.2, -0.15) is 0 Å². The van der Waals surface area contributed by atoms with Crippen LogP contribution in [0.5, 0.6) is 0 Å². The van der Waals surface area contributed by atoms with Crippen LogP contribution >= 0.6 is 22.9 Å². The maximum atomic E-state index is 13.9. The van der Waals surface area contributed by atoms with Crippen molar-refractivity contribution in [1.29, 1.82) is 0 Å². The standard InChI is InChI=1S/C18H14ClF2N3O3S2/c1-24(2)29(26,27)16-7-10(3-5-13(16)19)17(25)23-18-22-15(9-28-18)12-8-11(20)4-6-14(12)21/h3-9H,1-2H3,(H,22,23,25). The minimum atomic E-state index is -3.85. The first-order valence-corrected chi connectivity index (χ1v) is 10.7. The predicted molar refractivity (Wildman–Crippen MR) is 108 cm³/mol. The fraction of sp³-hybridized carbons (Fsp3) is 0.111. The maximum Gasteiger partial charge on any atom is 0.257 e. The van der Waals surface area contributed by atoms with Gasteiger partial charge in [0.25, 0.3) is 5.91 Å². The van der Waals surface area contributed by atoms with E-state index in [1.165, 1.54) is 31.6 Å². The minimum Gasteiger partial charge on any atom is -0.298 e. The Balaban J connectivity index is 1.87. The minimum absolute atomic E-state index is 0.0200. The van der Waals surface area contributed by atoms with Crippen LogP contribution in [0, 0.1) is 11.6 Å². The molecule has 0 spiro atoms. The molecule has 0 fully saturated rings. The van der Waals surface area contributed by atoms with Crippen molar-refractivity contribution in [2.24, 2.45) is 0 Å². The number of benzene rings is 2. The third-order valence-corrected chi connectivity index (χ3v) is 6.94. The molecule has 1 N–H and O–H groups in total. The molecule has 3 rings (SSSR count). The van der Waals surface area contributed by atoms with Gasteiger partial charge in [0.05, 0.1) is 10.7 Å². The molecular formula is C18H14ClF2N3O3S2. The summed E-state index contributed by atoms with van der Waals surface area (Å²) in [7, 11) is -1.15. The average molecular weight is 458 g/mol. The summed E-state index contributed by atoms with van der Waals surface area (Å²) in [6.45, 7) is 0. The summed E-state index contributed by atoms with van der Waals surface area (Å²) in [5.74, 6) is -1.89. The molecule has 1 heterocycles. The fourth-order valence-corrected chi connectivity index (χ4v) is 4.46. The van der Waals surface area contributed by atoms with Crippen LogP contribution in [0.25, 0.3) is 11.3 Å². The number of carbonyl (C=O) groups is 1. The number of amides is 1. The van der Waals surface area contributed by atoms with E-state index < -0.39 is 27.6 Å². The van der Waals surface area contributed by atoms with Crippen LogP contribution in [0.3, 0.4) is 0 Å². The van der Waals surface area contributed by atoms with Crippen molar-refractivity contribution < 1.29 is 22.0 Å². The van der Waals surface area contributed by atoms with Crippen molar-refractivity contribution in [2.75, 3.05) is 19.4 Å². The Kier molecular flexibility index (Phi) is 5.99. The van der Waals surface area contributed by atoms with E-state index in [1.54, 1.807) is 0 Å². The number of rotatable bonds is 5. The van der Waals surface area contributed by atoms with Gasteiger partial charge in [0.1, 0.15) is 16.5 Å². The highest BCUT2D eigenvalue weighted by Crippen LogP contribution is 2.29. The lowest BCUT2D eigenvalue weighted by Crippen LogP contribution is -2.23. The van der Waals surface area contributed by atoms with E-state index in [9.17, 15) is 22.0 Å². The zero-order valence-electron chi connectivity index (χ0n) is 15.1. The van der Waals surface area contributed by atoms with E-state index in [1.807, 2.05) is 0 Å². The molecule has 29 heavy (non-hydrogen) atoms. The van der Waals surface area contributed by atoms with Crippen LogP contribution in [0.4, 0.5) is 13.9 Å². The third-order valence-electron chi connectivity index (χ3n) is 3.88. The average Bonchev–Trinajstić information content (AvgIpc) is 3.11. The second-order valence-corrected chi connectivity index (χ2v) is 9.43.